The minimum Gasteiger partial charge on any atom is -0.368 e. The highest BCUT2D eigenvalue weighted by atomic mass is 79.9. The van der Waals surface area contributed by atoms with Gasteiger partial charge in [-0.15, -0.1) is 0 Å². The number of amides is 1. The number of nitrogens with zero attached hydrogens (tertiary/aromatic N) is 5. The number of nitro groups is 2. The van der Waals surface area contributed by atoms with Gasteiger partial charge in [-0.3, -0.25) is 25.0 Å². The van der Waals surface area contributed by atoms with E-state index in [1.54, 1.807) is 11.9 Å². The smallest absolute Gasteiger partial charge is 0.299 e. The number of aromatic nitrogens is 2. The van der Waals surface area contributed by atoms with Crippen molar-refractivity contribution >= 4 is 49.9 Å². The lowest BCUT2D eigenvalue weighted by molar-refractivity contribution is -0.393. The number of pyridine rings is 1. The molecule has 11 nitrogen and oxygen atoms in total. The normalized spacial score (nSPS) is 15.3. The average molecular weight is 607 g/mol. The Morgan fingerprint density at radius 1 is 1.15 bits per heavy atom. The Bertz CT molecular complexity index is 1620. The second-order valence-electron chi connectivity index (χ2n) is 9.94. The van der Waals surface area contributed by atoms with E-state index in [1.807, 2.05) is 49.5 Å². The first-order valence-electron chi connectivity index (χ1n) is 12.8. The molecule has 1 N–H and O–H groups in total. The molecule has 4 aromatic rings. The molecule has 0 saturated carbocycles. The second-order valence-corrected chi connectivity index (χ2v) is 10.7. The maximum absolute atomic E-state index is 14.0. The number of carbonyl (C=O) groups is 1. The highest BCUT2D eigenvalue weighted by molar-refractivity contribution is 9.10. The van der Waals surface area contributed by atoms with Gasteiger partial charge in [-0.25, -0.2) is 4.98 Å². The fourth-order valence-electron chi connectivity index (χ4n) is 5.49. The molecule has 2 aromatic heterocycles. The van der Waals surface area contributed by atoms with E-state index in [0.29, 0.717) is 6.42 Å². The zero-order chi connectivity index (χ0) is 28.6. The lowest BCUT2D eigenvalue weighted by Crippen LogP contribution is -2.48. The van der Waals surface area contributed by atoms with Gasteiger partial charge < -0.3 is 14.8 Å². The molecule has 40 heavy (non-hydrogen) atoms. The number of likely N-dealkylation sites (N-methyl/N-ethyl adjacent to an activating group) is 1. The fraction of sp³-hybridized carbons (Fsp3) is 0.286. The predicted molar refractivity (Wildman–Crippen MR) is 154 cm³/mol. The minimum atomic E-state index is -0.834. The van der Waals surface area contributed by atoms with Crippen LogP contribution in [0, 0.1) is 20.2 Å². The van der Waals surface area contributed by atoms with Crippen LogP contribution in [0.5, 0.6) is 0 Å². The molecule has 2 aromatic carbocycles. The number of aryl methyl sites for hydroxylation is 1. The SMILES string of the molecule is CN(C(=O)[C@H](Cc1ccccc1)Nc1ccc([N+](=O)[O-])cc1[N+](=O)[O-])C1CCc2c(c3ccc(Br)nc3n2C)C1. The Morgan fingerprint density at radius 3 is 2.60 bits per heavy atom. The maximum atomic E-state index is 14.0. The number of fused-ring (bicyclic) bond motifs is 3. The molecule has 1 unspecified atom stereocenters. The lowest BCUT2D eigenvalue weighted by Gasteiger charge is -2.34. The number of rotatable bonds is 8. The van der Waals surface area contributed by atoms with Crippen LogP contribution in [0.1, 0.15) is 23.2 Å². The minimum absolute atomic E-state index is 0.0508. The number of carbonyl (C=O) groups excluding carboxylic acids is 1. The fourth-order valence-corrected chi connectivity index (χ4v) is 5.79. The highest BCUT2D eigenvalue weighted by Crippen LogP contribution is 2.34. The van der Waals surface area contributed by atoms with E-state index in [-0.39, 0.29) is 24.1 Å². The largest absolute Gasteiger partial charge is 0.368 e. The van der Waals surface area contributed by atoms with Gasteiger partial charge in [0.2, 0.25) is 5.91 Å². The summed E-state index contributed by atoms with van der Waals surface area (Å²) in [6.07, 6.45) is 2.49. The quantitative estimate of drug-likeness (QED) is 0.165. The first-order chi connectivity index (χ1) is 19.1. The van der Waals surface area contributed by atoms with Crippen molar-refractivity contribution in [2.75, 3.05) is 12.4 Å². The van der Waals surface area contributed by atoms with Gasteiger partial charge in [0, 0.05) is 43.7 Å². The van der Waals surface area contributed by atoms with E-state index in [0.717, 1.165) is 40.1 Å². The molecule has 1 amide bonds. The van der Waals surface area contributed by atoms with Crippen molar-refractivity contribution in [1.29, 1.82) is 0 Å². The van der Waals surface area contributed by atoms with Crippen molar-refractivity contribution in [3.63, 3.8) is 0 Å². The lowest BCUT2D eigenvalue weighted by atomic mass is 9.90. The number of non-ortho nitro benzene ring substituents is 1. The van der Waals surface area contributed by atoms with E-state index in [1.165, 1.54) is 23.4 Å². The molecule has 12 heteroatoms. The predicted octanol–water partition coefficient (Wildman–Crippen LogP) is 5.19. The third-order valence-corrected chi connectivity index (χ3v) is 8.03. The number of nitrogens with one attached hydrogen (secondary N) is 1. The molecule has 2 atom stereocenters. The Kier molecular flexibility index (Phi) is 7.53. The molecule has 1 aliphatic rings. The van der Waals surface area contributed by atoms with Gasteiger partial charge in [0.25, 0.3) is 11.4 Å². The van der Waals surface area contributed by atoms with Crippen molar-refractivity contribution in [3.05, 3.63) is 102 Å². The maximum Gasteiger partial charge on any atom is 0.299 e. The molecule has 1 aliphatic carbocycles. The van der Waals surface area contributed by atoms with E-state index >= 15 is 0 Å². The molecule has 206 valence electrons. The molecule has 0 radical (unpaired) electrons. The number of benzene rings is 2. The topological polar surface area (TPSA) is 136 Å². The summed E-state index contributed by atoms with van der Waals surface area (Å²) in [5, 5.41) is 27.1. The number of hydrogen-bond donors (Lipinski definition) is 1. The van der Waals surface area contributed by atoms with Crippen LogP contribution in [0.4, 0.5) is 17.1 Å². The number of anilines is 1. The molecule has 5 rings (SSSR count). The van der Waals surface area contributed by atoms with Crippen LogP contribution < -0.4 is 5.32 Å². The first-order valence-corrected chi connectivity index (χ1v) is 13.6. The van der Waals surface area contributed by atoms with Crippen LogP contribution >= 0.6 is 15.9 Å². The van der Waals surface area contributed by atoms with Gasteiger partial charge in [-0.2, -0.15) is 0 Å². The Labute approximate surface area is 238 Å². The molecule has 0 fully saturated rings. The zero-order valence-corrected chi connectivity index (χ0v) is 23.5. The van der Waals surface area contributed by atoms with Gasteiger partial charge in [0.15, 0.2) is 0 Å². The Morgan fingerprint density at radius 2 is 1.90 bits per heavy atom. The van der Waals surface area contributed by atoms with Crippen molar-refractivity contribution in [2.45, 2.75) is 37.8 Å². The summed E-state index contributed by atoms with van der Waals surface area (Å²) in [7, 11) is 3.77. The Hall–Kier alpha value is -4.32. The highest BCUT2D eigenvalue weighted by Gasteiger charge is 2.33. The molecule has 0 aliphatic heterocycles. The van der Waals surface area contributed by atoms with Crippen LogP contribution in [0.15, 0.2) is 65.3 Å². The standard InChI is InChI=1S/C28H27BrN6O5/c1-32(18-9-12-24-21(15-18)20-10-13-26(29)31-27(20)33(24)2)28(36)23(14-17-6-4-3-5-7-17)30-22-11-8-19(34(37)38)16-25(22)35(39)40/h3-8,10-11,13,16,18,23,30H,9,12,14-15H2,1-2H3/t18?,23-/m0/s1. The molecular weight excluding hydrogens is 580 g/mol. The second kappa shape index (κ2) is 11.0. The van der Waals surface area contributed by atoms with Gasteiger partial charge >= 0.3 is 0 Å². The van der Waals surface area contributed by atoms with Crippen molar-refractivity contribution in [3.8, 4) is 0 Å². The molecule has 2 heterocycles. The van der Waals surface area contributed by atoms with E-state index in [4.69, 9.17) is 0 Å². The number of hydrogen-bond acceptors (Lipinski definition) is 7. The number of halogens is 1. The summed E-state index contributed by atoms with van der Waals surface area (Å²) in [6, 6.07) is 15.8. The van der Waals surface area contributed by atoms with E-state index < -0.39 is 27.3 Å². The average Bonchev–Trinajstić information content (AvgIpc) is 3.22. The summed E-state index contributed by atoms with van der Waals surface area (Å²) in [5.74, 6) is -0.217. The van der Waals surface area contributed by atoms with E-state index in [9.17, 15) is 25.0 Å². The summed E-state index contributed by atoms with van der Waals surface area (Å²) in [4.78, 5) is 42.0. The van der Waals surface area contributed by atoms with E-state index in [2.05, 4.69) is 30.8 Å². The summed E-state index contributed by atoms with van der Waals surface area (Å²) in [6.45, 7) is 0. The van der Waals surface area contributed by atoms with Gasteiger partial charge in [-0.05, 0) is 64.5 Å². The zero-order valence-electron chi connectivity index (χ0n) is 21.9. The van der Waals surface area contributed by atoms with Crippen LogP contribution in [-0.2, 0) is 31.1 Å². The molecular formula is C28H27BrN6O5. The molecule has 0 saturated heterocycles. The van der Waals surface area contributed by atoms with Crippen LogP contribution in [-0.4, -0.2) is 49.3 Å². The van der Waals surface area contributed by atoms with Crippen LogP contribution in [0.25, 0.3) is 11.0 Å². The Balaban J connectivity index is 1.44. The first kappa shape index (κ1) is 27.3. The van der Waals surface area contributed by atoms with Gasteiger partial charge in [0.1, 0.15) is 22.0 Å². The van der Waals surface area contributed by atoms with Crippen LogP contribution in [0.3, 0.4) is 0 Å². The van der Waals surface area contributed by atoms with Crippen molar-refractivity contribution < 1.29 is 14.6 Å². The molecule has 0 spiro atoms. The van der Waals surface area contributed by atoms with Crippen molar-refractivity contribution in [2.24, 2.45) is 7.05 Å². The van der Waals surface area contributed by atoms with Gasteiger partial charge in [0.05, 0.1) is 15.9 Å². The third kappa shape index (κ3) is 5.26. The summed E-state index contributed by atoms with van der Waals surface area (Å²) in [5.41, 5.74) is 3.35. The monoisotopic (exact) mass is 606 g/mol. The number of nitro benzene ring substituents is 2. The van der Waals surface area contributed by atoms with Gasteiger partial charge in [-0.1, -0.05) is 30.3 Å². The summed E-state index contributed by atoms with van der Waals surface area (Å²) < 4.78 is 2.87. The third-order valence-electron chi connectivity index (χ3n) is 7.59. The molecule has 0 bridgehead atoms. The summed E-state index contributed by atoms with van der Waals surface area (Å²) >= 11 is 3.45. The van der Waals surface area contributed by atoms with Crippen molar-refractivity contribution in [1.82, 2.24) is 14.5 Å². The van der Waals surface area contributed by atoms with Crippen LogP contribution in [0.2, 0.25) is 0 Å².